The lowest BCUT2D eigenvalue weighted by atomic mass is 9.90. The molecule has 6 nitrogen and oxygen atoms in total. The Morgan fingerprint density at radius 3 is 2.43 bits per heavy atom. The standard InChI is InChI=1S/C17H14F6IN5O/c1-8-2-3-9(15(30,7-27-24)17(21,22)23)4-10(8)11-5-26-14-13(25)28-12(6-29(11)14)16(18,19)20/h2-6,27,30H,7H2,1H3,(H2,25,28). The van der Waals surface area contributed by atoms with Crippen LogP contribution in [0.1, 0.15) is 16.8 Å². The van der Waals surface area contributed by atoms with E-state index in [2.05, 4.69) is 13.5 Å². The van der Waals surface area contributed by atoms with Crippen LogP contribution in [0.3, 0.4) is 0 Å². The van der Waals surface area contributed by atoms with E-state index in [1.807, 2.05) is 0 Å². The number of halogens is 7. The van der Waals surface area contributed by atoms with E-state index in [4.69, 9.17) is 5.73 Å². The Labute approximate surface area is 179 Å². The van der Waals surface area contributed by atoms with E-state index in [9.17, 15) is 31.4 Å². The van der Waals surface area contributed by atoms with Gasteiger partial charge in [-0.15, -0.1) is 0 Å². The van der Waals surface area contributed by atoms with E-state index < -0.39 is 41.6 Å². The van der Waals surface area contributed by atoms with Crippen LogP contribution in [0.5, 0.6) is 0 Å². The number of fused-ring (bicyclic) bond motifs is 1. The Bertz CT molecular complexity index is 1100. The van der Waals surface area contributed by atoms with Crippen molar-refractivity contribution < 1.29 is 31.4 Å². The molecule has 0 saturated heterocycles. The third-order valence-electron chi connectivity index (χ3n) is 4.59. The fourth-order valence-electron chi connectivity index (χ4n) is 2.97. The Morgan fingerprint density at radius 2 is 1.87 bits per heavy atom. The zero-order valence-electron chi connectivity index (χ0n) is 15.1. The summed E-state index contributed by atoms with van der Waals surface area (Å²) in [6.45, 7) is 0.735. The SMILES string of the molecule is Cc1ccc(C(O)(CNI)C(F)(F)F)cc1-c1cnc2c(N)nc(C(F)(F)F)cn12. The van der Waals surface area contributed by atoms with Crippen LogP contribution in [0.2, 0.25) is 0 Å². The molecule has 162 valence electrons. The molecule has 1 unspecified atom stereocenters. The Morgan fingerprint density at radius 1 is 1.20 bits per heavy atom. The predicted molar refractivity (Wildman–Crippen MR) is 105 cm³/mol. The molecule has 0 aliphatic heterocycles. The molecule has 0 saturated carbocycles. The maximum Gasteiger partial charge on any atom is 0.434 e. The molecule has 1 atom stereocenters. The minimum atomic E-state index is -5.00. The third-order valence-corrected chi connectivity index (χ3v) is 4.97. The molecule has 0 aliphatic carbocycles. The van der Waals surface area contributed by atoms with Crippen molar-refractivity contribution in [3.63, 3.8) is 0 Å². The average molecular weight is 545 g/mol. The molecule has 0 aliphatic rings. The molecular formula is C17H14F6IN5O. The van der Waals surface area contributed by atoms with Crippen LogP contribution in [0.25, 0.3) is 16.9 Å². The second-order valence-electron chi connectivity index (χ2n) is 6.54. The van der Waals surface area contributed by atoms with Gasteiger partial charge in [-0.05, 0) is 24.1 Å². The highest BCUT2D eigenvalue weighted by Gasteiger charge is 2.54. The molecule has 30 heavy (non-hydrogen) atoms. The number of aliphatic hydroxyl groups is 1. The summed E-state index contributed by atoms with van der Waals surface area (Å²) in [6, 6.07) is 3.52. The van der Waals surface area contributed by atoms with Gasteiger partial charge in [0.1, 0.15) is 0 Å². The summed E-state index contributed by atoms with van der Waals surface area (Å²) in [5.41, 5.74) is 1.21. The van der Waals surface area contributed by atoms with E-state index in [0.29, 0.717) is 11.8 Å². The summed E-state index contributed by atoms with van der Waals surface area (Å²) >= 11 is 1.48. The zero-order chi connectivity index (χ0) is 22.5. The van der Waals surface area contributed by atoms with Crippen LogP contribution in [-0.4, -0.2) is 32.2 Å². The Hall–Kier alpha value is -2.13. The van der Waals surface area contributed by atoms with Crippen LogP contribution in [0.15, 0.2) is 30.6 Å². The Kier molecular flexibility index (Phi) is 5.66. The zero-order valence-corrected chi connectivity index (χ0v) is 17.3. The monoisotopic (exact) mass is 545 g/mol. The van der Waals surface area contributed by atoms with Gasteiger partial charge in [0.2, 0.25) is 0 Å². The van der Waals surface area contributed by atoms with Crippen molar-refractivity contribution in [3.05, 3.63) is 47.4 Å². The first-order valence-corrected chi connectivity index (χ1v) is 9.32. The number of imidazole rings is 1. The number of aryl methyl sites for hydroxylation is 1. The number of nitrogens with zero attached hydrogens (tertiary/aromatic N) is 3. The third kappa shape index (κ3) is 3.80. The summed E-state index contributed by atoms with van der Waals surface area (Å²) < 4.78 is 83.4. The number of alkyl halides is 6. The second-order valence-corrected chi connectivity index (χ2v) is 7.31. The van der Waals surface area contributed by atoms with E-state index in [1.54, 1.807) is 6.92 Å². The Balaban J connectivity index is 2.26. The number of hydrogen-bond acceptors (Lipinski definition) is 5. The molecule has 0 bridgehead atoms. The second kappa shape index (κ2) is 7.53. The van der Waals surface area contributed by atoms with Gasteiger partial charge in [-0.1, -0.05) is 12.1 Å². The number of nitrogens with one attached hydrogen (secondary N) is 1. The van der Waals surface area contributed by atoms with Gasteiger partial charge in [0.25, 0.3) is 0 Å². The number of benzene rings is 1. The molecule has 2 heterocycles. The summed E-state index contributed by atoms with van der Waals surface area (Å²) in [5.74, 6) is -0.481. The van der Waals surface area contributed by atoms with E-state index in [0.717, 1.165) is 16.5 Å². The molecule has 4 N–H and O–H groups in total. The number of anilines is 1. The maximum atomic E-state index is 13.6. The minimum Gasteiger partial charge on any atom is -0.381 e. The van der Waals surface area contributed by atoms with Crippen molar-refractivity contribution in [2.45, 2.75) is 24.9 Å². The van der Waals surface area contributed by atoms with Crippen LogP contribution in [0.4, 0.5) is 32.2 Å². The van der Waals surface area contributed by atoms with Gasteiger partial charge < -0.3 is 10.8 Å². The number of aromatic nitrogens is 3. The van der Waals surface area contributed by atoms with Crippen LogP contribution in [-0.2, 0) is 11.8 Å². The van der Waals surface area contributed by atoms with Gasteiger partial charge in [0.15, 0.2) is 22.8 Å². The van der Waals surface area contributed by atoms with Gasteiger partial charge in [-0.25, -0.2) is 9.97 Å². The summed E-state index contributed by atoms with van der Waals surface area (Å²) in [6.07, 6.45) is -7.94. The van der Waals surface area contributed by atoms with Gasteiger partial charge in [-0.3, -0.25) is 7.93 Å². The summed E-state index contributed by atoms with van der Waals surface area (Å²) in [7, 11) is 0. The van der Waals surface area contributed by atoms with Crippen LogP contribution >= 0.6 is 22.9 Å². The lowest BCUT2D eigenvalue weighted by Gasteiger charge is -2.31. The van der Waals surface area contributed by atoms with Crippen molar-refractivity contribution in [2.24, 2.45) is 0 Å². The van der Waals surface area contributed by atoms with Gasteiger partial charge in [0, 0.05) is 41.2 Å². The van der Waals surface area contributed by atoms with Gasteiger partial charge in [-0.2, -0.15) is 26.3 Å². The fourth-order valence-corrected chi connectivity index (χ4v) is 3.52. The first-order chi connectivity index (χ1) is 13.8. The van der Waals surface area contributed by atoms with Crippen LogP contribution < -0.4 is 9.26 Å². The number of hydrogen-bond donors (Lipinski definition) is 3. The first kappa shape index (κ1) is 22.6. The van der Waals surface area contributed by atoms with E-state index >= 15 is 0 Å². The number of rotatable bonds is 4. The van der Waals surface area contributed by atoms with Crippen molar-refractivity contribution in [2.75, 3.05) is 12.3 Å². The molecule has 0 spiro atoms. The summed E-state index contributed by atoms with van der Waals surface area (Å²) in [4.78, 5) is 7.23. The predicted octanol–water partition coefficient (Wildman–Crippen LogP) is 4.00. The van der Waals surface area contributed by atoms with Gasteiger partial charge >= 0.3 is 12.4 Å². The minimum absolute atomic E-state index is 0.0657. The maximum absolute atomic E-state index is 13.6. The average Bonchev–Trinajstić information content (AvgIpc) is 3.05. The molecule has 0 radical (unpaired) electrons. The summed E-state index contributed by atoms with van der Waals surface area (Å²) in [5, 5.41) is 10.3. The highest BCUT2D eigenvalue weighted by atomic mass is 127. The van der Waals surface area contributed by atoms with Crippen molar-refractivity contribution >= 4 is 34.3 Å². The quantitative estimate of drug-likeness (QED) is 0.262. The molecule has 3 aromatic rings. The lowest BCUT2D eigenvalue weighted by molar-refractivity contribution is -0.262. The van der Waals surface area contributed by atoms with E-state index in [1.165, 1.54) is 35.1 Å². The highest BCUT2D eigenvalue weighted by Crippen LogP contribution is 2.41. The molecule has 0 amide bonds. The van der Waals surface area contributed by atoms with Crippen molar-refractivity contribution in [1.82, 2.24) is 17.9 Å². The van der Waals surface area contributed by atoms with E-state index in [-0.39, 0.29) is 16.9 Å². The molecule has 3 rings (SSSR count). The largest absolute Gasteiger partial charge is 0.434 e. The van der Waals surface area contributed by atoms with Crippen LogP contribution in [0, 0.1) is 6.92 Å². The molecule has 13 heteroatoms. The molecule has 2 aromatic heterocycles. The lowest BCUT2D eigenvalue weighted by Crippen LogP contribution is -2.48. The van der Waals surface area contributed by atoms with Crippen molar-refractivity contribution in [1.29, 1.82) is 0 Å². The fraction of sp³-hybridized carbons (Fsp3) is 0.294. The molecule has 0 fully saturated rings. The van der Waals surface area contributed by atoms with Gasteiger partial charge in [0.05, 0.1) is 11.9 Å². The first-order valence-electron chi connectivity index (χ1n) is 8.24. The number of nitrogens with two attached hydrogens (primary N) is 1. The molecular weight excluding hydrogens is 531 g/mol. The normalized spacial score (nSPS) is 14.8. The molecule has 1 aromatic carbocycles. The topological polar surface area (TPSA) is 88.5 Å². The van der Waals surface area contributed by atoms with Crippen molar-refractivity contribution in [3.8, 4) is 11.3 Å². The number of nitrogen functional groups attached to an aromatic ring is 1. The smallest absolute Gasteiger partial charge is 0.381 e. The highest BCUT2D eigenvalue weighted by molar-refractivity contribution is 14.1.